The van der Waals surface area contributed by atoms with Crippen molar-refractivity contribution in [2.75, 3.05) is 0 Å². The van der Waals surface area contributed by atoms with Crippen LogP contribution in [0.15, 0.2) is 11.1 Å². The first-order valence-electron chi connectivity index (χ1n) is 4.17. The fourth-order valence-electron chi connectivity index (χ4n) is 0.888. The summed E-state index contributed by atoms with van der Waals surface area (Å²) in [6, 6.07) is 0. The molecule has 15 heteroatoms. The molecule has 0 atom stereocenters. The van der Waals surface area contributed by atoms with Crippen LogP contribution in [0.25, 0.3) is 0 Å². The third-order valence-electron chi connectivity index (χ3n) is 1.38. The van der Waals surface area contributed by atoms with Crippen molar-refractivity contribution < 1.29 is 67.7 Å². The molecule has 0 radical (unpaired) electrons. The predicted octanol–water partition coefficient (Wildman–Crippen LogP) is 4.75. The van der Waals surface area contributed by atoms with Crippen molar-refractivity contribution in [1.29, 1.82) is 0 Å². The fraction of sp³-hybridized carbons (Fsp3) is 0.571. The molecule has 0 rings (SSSR count). The maximum Gasteiger partial charge on any atom is 0.503 e. The molecule has 2 N–H and O–H groups in total. The van der Waals surface area contributed by atoms with E-state index in [4.69, 9.17) is 15.0 Å². The summed E-state index contributed by atoms with van der Waals surface area (Å²) in [6.45, 7) is 0. The standard InChI is InChI=1S/C6F12.CH2O3/c7-3(8,9)1(4(10,11)12)2(5(13,14)15)6(16,17)18;2-1(3)4/h;(H2,2,3,4). The quantitative estimate of drug-likeness (QED) is 0.483. The van der Waals surface area contributed by atoms with Gasteiger partial charge in [-0.25, -0.2) is 4.79 Å². The van der Waals surface area contributed by atoms with Crippen LogP contribution in [0, 0.1) is 0 Å². The Labute approximate surface area is 111 Å². The van der Waals surface area contributed by atoms with Gasteiger partial charge in [0.15, 0.2) is 11.1 Å². The molecule has 0 bridgehead atoms. The average molecular weight is 362 g/mol. The van der Waals surface area contributed by atoms with E-state index in [-0.39, 0.29) is 0 Å². The van der Waals surface area contributed by atoms with Crippen LogP contribution in [0.1, 0.15) is 0 Å². The summed E-state index contributed by atoms with van der Waals surface area (Å²) in [5, 5.41) is 13.9. The summed E-state index contributed by atoms with van der Waals surface area (Å²) in [6.07, 6.45) is -29.2. The van der Waals surface area contributed by atoms with Gasteiger partial charge in [0.2, 0.25) is 0 Å². The molecule has 132 valence electrons. The third kappa shape index (κ3) is 7.82. The van der Waals surface area contributed by atoms with Crippen molar-refractivity contribution in [3.63, 3.8) is 0 Å². The number of halogens is 12. The molecule has 22 heavy (non-hydrogen) atoms. The van der Waals surface area contributed by atoms with Crippen LogP contribution >= 0.6 is 0 Å². The summed E-state index contributed by atoms with van der Waals surface area (Å²) >= 11 is 0. The number of carboxylic acid groups (broad SMARTS) is 2. The Morgan fingerprint density at radius 1 is 0.500 bits per heavy atom. The lowest BCUT2D eigenvalue weighted by Crippen LogP contribution is -2.37. The van der Waals surface area contributed by atoms with Crippen LogP contribution in [0.5, 0.6) is 0 Å². The van der Waals surface area contributed by atoms with Crippen LogP contribution in [0.4, 0.5) is 57.5 Å². The van der Waals surface area contributed by atoms with Crippen LogP contribution in [-0.2, 0) is 0 Å². The summed E-state index contributed by atoms with van der Waals surface area (Å²) in [4.78, 5) is 8.56. The second-order valence-corrected chi connectivity index (χ2v) is 3.02. The molecule has 0 amide bonds. The molecule has 0 aliphatic rings. The third-order valence-corrected chi connectivity index (χ3v) is 1.38. The molecule has 0 fully saturated rings. The largest absolute Gasteiger partial charge is 0.503 e. The highest BCUT2D eigenvalue weighted by Gasteiger charge is 2.64. The van der Waals surface area contributed by atoms with Crippen molar-refractivity contribution >= 4 is 6.16 Å². The van der Waals surface area contributed by atoms with Gasteiger partial charge in [-0.05, 0) is 0 Å². The van der Waals surface area contributed by atoms with Crippen molar-refractivity contribution in [2.24, 2.45) is 0 Å². The zero-order valence-electron chi connectivity index (χ0n) is 9.34. The number of alkyl halides is 12. The molecule has 3 nitrogen and oxygen atoms in total. The van der Waals surface area contributed by atoms with Crippen LogP contribution in [0.3, 0.4) is 0 Å². The zero-order chi connectivity index (χ0) is 18.7. The number of allylic oxidation sites excluding steroid dienone is 2. The van der Waals surface area contributed by atoms with Crippen LogP contribution in [-0.4, -0.2) is 41.1 Å². The van der Waals surface area contributed by atoms with E-state index >= 15 is 0 Å². The number of hydrogen-bond acceptors (Lipinski definition) is 1. The minimum atomic E-state index is -6.85. The Balaban J connectivity index is 0. The highest BCUT2D eigenvalue weighted by Crippen LogP contribution is 2.49. The Hall–Kier alpha value is -1.83. The van der Waals surface area contributed by atoms with Gasteiger partial charge in [0.1, 0.15) is 0 Å². The molecule has 0 saturated heterocycles. The van der Waals surface area contributed by atoms with E-state index in [9.17, 15) is 52.7 Å². The van der Waals surface area contributed by atoms with E-state index < -0.39 is 42.0 Å². The molecule has 0 aromatic rings. The predicted molar refractivity (Wildman–Crippen MR) is 41.9 cm³/mol. The molecular weight excluding hydrogens is 360 g/mol. The number of hydrogen-bond donors (Lipinski definition) is 2. The Kier molecular flexibility index (Phi) is 6.65. The lowest BCUT2D eigenvalue weighted by Gasteiger charge is -2.23. The van der Waals surface area contributed by atoms with E-state index in [1.165, 1.54) is 0 Å². The molecular formula is C7H2F12O3. The second kappa shape index (κ2) is 6.51. The Morgan fingerprint density at radius 3 is 0.636 bits per heavy atom. The van der Waals surface area contributed by atoms with Crippen molar-refractivity contribution in [3.05, 3.63) is 11.1 Å². The molecule has 0 aromatic carbocycles. The van der Waals surface area contributed by atoms with Crippen LogP contribution < -0.4 is 0 Å². The highest BCUT2D eigenvalue weighted by molar-refractivity contribution is 5.53. The average Bonchev–Trinajstić information content (AvgIpc) is 2.04. The van der Waals surface area contributed by atoms with Gasteiger partial charge in [-0.15, -0.1) is 0 Å². The monoisotopic (exact) mass is 362 g/mol. The van der Waals surface area contributed by atoms with Gasteiger partial charge in [0.05, 0.1) is 0 Å². The summed E-state index contributed by atoms with van der Waals surface area (Å²) in [5.74, 6) is 0. The van der Waals surface area contributed by atoms with Gasteiger partial charge in [-0.2, -0.15) is 52.7 Å². The van der Waals surface area contributed by atoms with E-state index in [0.717, 1.165) is 0 Å². The van der Waals surface area contributed by atoms with Crippen LogP contribution in [0.2, 0.25) is 0 Å². The van der Waals surface area contributed by atoms with Crippen molar-refractivity contribution in [2.45, 2.75) is 24.7 Å². The summed E-state index contributed by atoms with van der Waals surface area (Å²) in [7, 11) is 0. The first kappa shape index (κ1) is 22.5. The van der Waals surface area contributed by atoms with E-state index in [1.807, 2.05) is 0 Å². The lowest BCUT2D eigenvalue weighted by atomic mass is 10.1. The maximum absolute atomic E-state index is 11.7. The summed E-state index contributed by atoms with van der Waals surface area (Å²) < 4.78 is 141. The SMILES string of the molecule is FC(F)(F)C(=C(C(F)(F)F)C(F)(F)F)C(F)(F)F.O=C(O)O. The number of carbonyl (C=O) groups is 1. The van der Waals surface area contributed by atoms with Gasteiger partial charge >= 0.3 is 30.9 Å². The Morgan fingerprint density at radius 2 is 0.591 bits per heavy atom. The van der Waals surface area contributed by atoms with Gasteiger partial charge < -0.3 is 10.2 Å². The van der Waals surface area contributed by atoms with Crippen molar-refractivity contribution in [3.8, 4) is 0 Å². The van der Waals surface area contributed by atoms with E-state index in [0.29, 0.717) is 0 Å². The smallest absolute Gasteiger partial charge is 0.450 e. The molecule has 0 saturated carbocycles. The Bertz CT molecular complexity index is 350. The molecule has 0 unspecified atom stereocenters. The summed E-state index contributed by atoms with van der Waals surface area (Å²) in [5.41, 5.74) is -9.26. The van der Waals surface area contributed by atoms with Gasteiger partial charge in [0.25, 0.3) is 0 Å². The van der Waals surface area contributed by atoms with E-state index in [1.54, 1.807) is 0 Å². The first-order valence-corrected chi connectivity index (χ1v) is 4.17. The topological polar surface area (TPSA) is 57.5 Å². The second-order valence-electron chi connectivity index (χ2n) is 3.02. The van der Waals surface area contributed by atoms with Gasteiger partial charge in [-0.1, -0.05) is 0 Å². The molecule has 0 aromatic heterocycles. The minimum absolute atomic E-state index is 1.83. The number of rotatable bonds is 0. The minimum Gasteiger partial charge on any atom is -0.450 e. The van der Waals surface area contributed by atoms with Gasteiger partial charge in [-0.3, -0.25) is 0 Å². The zero-order valence-corrected chi connectivity index (χ0v) is 9.34. The first-order chi connectivity index (χ1) is 9.22. The lowest BCUT2D eigenvalue weighted by molar-refractivity contribution is -0.208. The maximum atomic E-state index is 11.7. The molecule has 0 heterocycles. The molecule has 0 aliphatic heterocycles. The molecule has 0 spiro atoms. The van der Waals surface area contributed by atoms with Crippen molar-refractivity contribution in [1.82, 2.24) is 0 Å². The highest BCUT2D eigenvalue weighted by atomic mass is 19.4. The van der Waals surface area contributed by atoms with E-state index in [2.05, 4.69) is 0 Å². The molecule has 0 aliphatic carbocycles. The normalized spacial score (nSPS) is 13.1. The van der Waals surface area contributed by atoms with Gasteiger partial charge in [0, 0.05) is 0 Å². The fourth-order valence-corrected chi connectivity index (χ4v) is 0.888.